The van der Waals surface area contributed by atoms with Crippen molar-refractivity contribution < 1.29 is 14.7 Å². The quantitative estimate of drug-likeness (QED) is 0.878. The van der Waals surface area contributed by atoms with Crippen LogP contribution in [0.5, 0.6) is 0 Å². The van der Waals surface area contributed by atoms with Gasteiger partial charge < -0.3 is 15.3 Å². The summed E-state index contributed by atoms with van der Waals surface area (Å²) >= 11 is 0. The zero-order chi connectivity index (χ0) is 18.9. The molecule has 7 nitrogen and oxygen atoms in total. The summed E-state index contributed by atoms with van der Waals surface area (Å²) in [6.45, 7) is 6.05. The molecule has 1 aromatic heterocycles. The molecule has 138 valence electrons. The third kappa shape index (κ3) is 3.62. The number of aryl methyl sites for hydroxylation is 2. The second-order valence-corrected chi connectivity index (χ2v) is 6.99. The van der Waals surface area contributed by atoms with E-state index < -0.39 is 11.5 Å². The second-order valence-electron chi connectivity index (χ2n) is 6.99. The molecule has 1 aliphatic rings. The zero-order valence-electron chi connectivity index (χ0n) is 15.3. The second kappa shape index (κ2) is 6.92. The smallest absolute Gasteiger partial charge is 0.258 e. The van der Waals surface area contributed by atoms with Crippen molar-refractivity contribution in [2.24, 2.45) is 0 Å². The van der Waals surface area contributed by atoms with E-state index in [1.165, 1.54) is 17.4 Å². The maximum atomic E-state index is 12.6. The van der Waals surface area contributed by atoms with Gasteiger partial charge in [-0.15, -0.1) is 0 Å². The van der Waals surface area contributed by atoms with Gasteiger partial charge >= 0.3 is 0 Å². The Hall–Kier alpha value is -2.67. The van der Waals surface area contributed by atoms with Gasteiger partial charge in [-0.3, -0.25) is 9.59 Å². The summed E-state index contributed by atoms with van der Waals surface area (Å²) < 4.78 is 1.69. The first-order valence-corrected chi connectivity index (χ1v) is 8.70. The minimum atomic E-state index is -1.58. The number of hydrogen-bond acceptors (Lipinski definition) is 4. The lowest BCUT2D eigenvalue weighted by Gasteiger charge is -2.37. The number of aliphatic hydroxyl groups is 1. The van der Waals surface area contributed by atoms with Crippen LogP contribution < -0.4 is 5.32 Å². The molecule has 2 amide bonds. The molecule has 26 heavy (non-hydrogen) atoms. The van der Waals surface area contributed by atoms with E-state index in [2.05, 4.69) is 16.5 Å². The van der Waals surface area contributed by atoms with E-state index >= 15 is 0 Å². The first-order valence-electron chi connectivity index (χ1n) is 8.70. The fourth-order valence-corrected chi connectivity index (χ4v) is 3.32. The highest BCUT2D eigenvalue weighted by atomic mass is 16.3. The topological polar surface area (TPSA) is 87.5 Å². The molecule has 2 heterocycles. The van der Waals surface area contributed by atoms with Gasteiger partial charge in [-0.1, -0.05) is 17.7 Å². The number of rotatable bonds is 3. The molecule has 0 bridgehead atoms. The average molecular weight is 356 g/mol. The van der Waals surface area contributed by atoms with Gasteiger partial charge in [0, 0.05) is 13.5 Å². The highest BCUT2D eigenvalue weighted by Crippen LogP contribution is 2.24. The first kappa shape index (κ1) is 18.1. The first-order chi connectivity index (χ1) is 12.3. The Balaban J connectivity index is 1.74. The van der Waals surface area contributed by atoms with Crippen LogP contribution in [0.4, 0.5) is 5.69 Å². The van der Waals surface area contributed by atoms with Gasteiger partial charge in [0.05, 0.1) is 30.3 Å². The van der Waals surface area contributed by atoms with Crippen LogP contribution in [0.1, 0.15) is 30.9 Å². The van der Waals surface area contributed by atoms with Crippen molar-refractivity contribution in [1.82, 2.24) is 14.7 Å². The summed E-state index contributed by atoms with van der Waals surface area (Å²) in [6.07, 6.45) is 4.18. The molecule has 0 unspecified atom stereocenters. The van der Waals surface area contributed by atoms with Crippen LogP contribution >= 0.6 is 0 Å². The molecule has 7 heteroatoms. The summed E-state index contributed by atoms with van der Waals surface area (Å²) in [5.74, 6) is -0.651. The number of hydrogen-bond donors (Lipinski definition) is 2. The van der Waals surface area contributed by atoms with E-state index in [4.69, 9.17) is 0 Å². The Morgan fingerprint density at radius 1 is 1.31 bits per heavy atom. The summed E-state index contributed by atoms with van der Waals surface area (Å²) in [4.78, 5) is 25.6. The molecule has 0 saturated carbocycles. The molecule has 1 atom stereocenters. The average Bonchev–Trinajstić information content (AvgIpc) is 3.03. The molecule has 0 radical (unpaired) electrons. The number of carbonyl (C=O) groups is 2. The van der Waals surface area contributed by atoms with Crippen molar-refractivity contribution in [3.63, 3.8) is 0 Å². The number of amides is 2. The van der Waals surface area contributed by atoms with Crippen molar-refractivity contribution in [3.05, 3.63) is 41.7 Å². The molecule has 1 aliphatic heterocycles. The van der Waals surface area contributed by atoms with Crippen LogP contribution in [-0.2, 0) is 9.59 Å². The predicted molar refractivity (Wildman–Crippen MR) is 98.1 cm³/mol. The molecular weight excluding hydrogens is 332 g/mol. The van der Waals surface area contributed by atoms with E-state index in [9.17, 15) is 14.7 Å². The third-order valence-electron chi connectivity index (χ3n) is 4.78. The number of anilines is 1. The number of likely N-dealkylation sites (tertiary alicyclic amines) is 1. The standard InChI is InChI=1S/C19H24N4O3/c1-13-5-6-17(14(2)9-13)23-11-16(10-20-23)21-18(25)19(26)7-4-8-22(12-19)15(3)24/h5-6,9-11,26H,4,7-8,12H2,1-3H3,(H,21,25)/t19-/m0/s1. The van der Waals surface area contributed by atoms with Gasteiger partial charge in [-0.25, -0.2) is 4.68 Å². The molecule has 1 fully saturated rings. The Bertz CT molecular complexity index is 845. The van der Waals surface area contributed by atoms with Gasteiger partial charge in [0.15, 0.2) is 5.60 Å². The largest absolute Gasteiger partial charge is 0.378 e. The fraction of sp³-hybridized carbons (Fsp3) is 0.421. The zero-order valence-corrected chi connectivity index (χ0v) is 15.3. The Kier molecular flexibility index (Phi) is 4.82. The van der Waals surface area contributed by atoms with E-state index in [0.29, 0.717) is 25.1 Å². The minimum absolute atomic E-state index is 0.0133. The monoisotopic (exact) mass is 356 g/mol. The normalized spacial score (nSPS) is 20.1. The lowest BCUT2D eigenvalue weighted by Crippen LogP contribution is -2.56. The summed E-state index contributed by atoms with van der Waals surface area (Å²) in [6, 6.07) is 6.04. The third-order valence-corrected chi connectivity index (χ3v) is 4.78. The number of aromatic nitrogens is 2. The number of nitrogens with zero attached hydrogens (tertiary/aromatic N) is 3. The number of carbonyl (C=O) groups excluding carboxylic acids is 2. The predicted octanol–water partition coefficient (Wildman–Crippen LogP) is 1.80. The highest BCUT2D eigenvalue weighted by Gasteiger charge is 2.41. The Morgan fingerprint density at radius 3 is 2.77 bits per heavy atom. The molecule has 2 aromatic rings. The van der Waals surface area contributed by atoms with Crippen LogP contribution in [0.3, 0.4) is 0 Å². The maximum Gasteiger partial charge on any atom is 0.258 e. The van der Waals surface area contributed by atoms with E-state index in [1.54, 1.807) is 17.1 Å². The van der Waals surface area contributed by atoms with Crippen LogP contribution in [0.25, 0.3) is 5.69 Å². The van der Waals surface area contributed by atoms with E-state index in [0.717, 1.165) is 11.3 Å². The number of β-amino-alcohol motifs (C(OH)–C–C–N with tert-alkyl or cyclic N) is 1. The lowest BCUT2D eigenvalue weighted by atomic mass is 9.91. The minimum Gasteiger partial charge on any atom is -0.378 e. The molecule has 3 rings (SSSR count). The van der Waals surface area contributed by atoms with Gasteiger partial charge in [0.25, 0.3) is 5.91 Å². The van der Waals surface area contributed by atoms with Gasteiger partial charge in [0.1, 0.15) is 0 Å². The van der Waals surface area contributed by atoms with Gasteiger partial charge in [0.2, 0.25) is 5.91 Å². The molecule has 2 N–H and O–H groups in total. The van der Waals surface area contributed by atoms with Crippen molar-refractivity contribution in [2.45, 2.75) is 39.2 Å². The molecule has 0 aliphatic carbocycles. The van der Waals surface area contributed by atoms with Crippen molar-refractivity contribution >= 4 is 17.5 Å². The Labute approximate surface area is 152 Å². The summed E-state index contributed by atoms with van der Waals surface area (Å²) in [7, 11) is 0. The molecule has 0 spiro atoms. The van der Waals surface area contributed by atoms with Crippen molar-refractivity contribution in [3.8, 4) is 5.69 Å². The Morgan fingerprint density at radius 2 is 2.08 bits per heavy atom. The molecule has 1 aromatic carbocycles. The highest BCUT2D eigenvalue weighted by molar-refractivity contribution is 5.97. The number of nitrogens with one attached hydrogen (secondary N) is 1. The fourth-order valence-electron chi connectivity index (χ4n) is 3.32. The number of benzene rings is 1. The van der Waals surface area contributed by atoms with Crippen LogP contribution in [0.2, 0.25) is 0 Å². The van der Waals surface area contributed by atoms with Crippen molar-refractivity contribution in [1.29, 1.82) is 0 Å². The lowest BCUT2D eigenvalue weighted by molar-refractivity contribution is -0.146. The SMILES string of the molecule is CC(=O)N1CCC[C@@](O)(C(=O)Nc2cnn(-c3ccc(C)cc3C)c2)C1. The van der Waals surface area contributed by atoms with Crippen LogP contribution in [-0.4, -0.2) is 50.3 Å². The van der Waals surface area contributed by atoms with Crippen LogP contribution in [0, 0.1) is 13.8 Å². The summed E-state index contributed by atoms with van der Waals surface area (Å²) in [5.41, 5.74) is 2.10. The summed E-state index contributed by atoms with van der Waals surface area (Å²) in [5, 5.41) is 17.7. The maximum absolute atomic E-state index is 12.6. The molecule has 1 saturated heterocycles. The van der Waals surface area contributed by atoms with Crippen molar-refractivity contribution in [2.75, 3.05) is 18.4 Å². The van der Waals surface area contributed by atoms with Gasteiger partial charge in [-0.2, -0.15) is 5.10 Å². The van der Waals surface area contributed by atoms with Crippen LogP contribution in [0.15, 0.2) is 30.6 Å². The van der Waals surface area contributed by atoms with E-state index in [1.807, 2.05) is 26.0 Å². The molecular formula is C19H24N4O3. The number of piperidine rings is 1. The van der Waals surface area contributed by atoms with E-state index in [-0.39, 0.29) is 12.5 Å². The van der Waals surface area contributed by atoms with Gasteiger partial charge in [-0.05, 0) is 38.3 Å².